The van der Waals surface area contributed by atoms with Crippen LogP contribution in [-0.2, 0) is 38.8 Å². The lowest BCUT2D eigenvalue weighted by Gasteiger charge is -2.20. The van der Waals surface area contributed by atoms with Crippen molar-refractivity contribution in [2.45, 2.75) is 64.7 Å². The molecular formula is C32H37NO6S. The Morgan fingerprint density at radius 2 is 1.70 bits per heavy atom. The minimum atomic E-state index is -3.38. The highest BCUT2D eigenvalue weighted by Gasteiger charge is 2.24. The van der Waals surface area contributed by atoms with Crippen molar-refractivity contribution in [3.05, 3.63) is 94.0 Å². The van der Waals surface area contributed by atoms with Gasteiger partial charge in [-0.05, 0) is 97.0 Å². The van der Waals surface area contributed by atoms with Crippen molar-refractivity contribution in [3.63, 3.8) is 0 Å². The van der Waals surface area contributed by atoms with Crippen LogP contribution in [0.4, 0.5) is 0 Å². The SMILES string of the molecule is Cc1ccccc1-c1cc(COC(C)c2ccc3c(c2)CCCC3)ccc1C(=O)NC(CCS(C)(=O)=O)C(=O)O. The molecule has 0 heterocycles. The van der Waals surface area contributed by atoms with Crippen molar-refractivity contribution < 1.29 is 27.9 Å². The predicted octanol–water partition coefficient (Wildman–Crippen LogP) is 5.44. The molecule has 2 atom stereocenters. The summed E-state index contributed by atoms with van der Waals surface area (Å²) in [5.41, 5.74) is 7.64. The molecule has 3 aromatic rings. The first-order chi connectivity index (χ1) is 19.0. The van der Waals surface area contributed by atoms with E-state index in [4.69, 9.17) is 4.74 Å². The number of nitrogens with one attached hydrogen (secondary N) is 1. The number of aryl methyl sites for hydroxylation is 3. The quantitative estimate of drug-likeness (QED) is 0.322. The normalized spacial score (nSPS) is 14.7. The highest BCUT2D eigenvalue weighted by molar-refractivity contribution is 7.90. The van der Waals surface area contributed by atoms with E-state index in [9.17, 15) is 23.1 Å². The fourth-order valence-electron chi connectivity index (χ4n) is 5.13. The molecule has 8 heteroatoms. The number of carboxylic acid groups (broad SMARTS) is 1. The van der Waals surface area contributed by atoms with E-state index in [2.05, 4.69) is 23.5 Å². The lowest BCUT2D eigenvalue weighted by Crippen LogP contribution is -2.42. The Morgan fingerprint density at radius 1 is 0.975 bits per heavy atom. The van der Waals surface area contributed by atoms with Crippen molar-refractivity contribution in [2.24, 2.45) is 0 Å². The molecule has 2 N–H and O–H groups in total. The zero-order valence-corrected chi connectivity index (χ0v) is 24.1. The molecule has 1 aliphatic carbocycles. The number of hydrogen-bond donors (Lipinski definition) is 2. The summed E-state index contributed by atoms with van der Waals surface area (Å²) in [7, 11) is -3.38. The minimum Gasteiger partial charge on any atom is -0.480 e. The Bertz CT molecular complexity index is 1500. The van der Waals surface area contributed by atoms with Crippen LogP contribution in [0.3, 0.4) is 0 Å². The van der Waals surface area contributed by atoms with Crippen LogP contribution in [0, 0.1) is 6.92 Å². The molecule has 3 aromatic carbocycles. The van der Waals surface area contributed by atoms with Gasteiger partial charge in [-0.25, -0.2) is 13.2 Å². The number of ether oxygens (including phenoxy) is 1. The van der Waals surface area contributed by atoms with Gasteiger partial charge in [0.2, 0.25) is 0 Å². The van der Waals surface area contributed by atoms with E-state index in [1.54, 1.807) is 6.07 Å². The van der Waals surface area contributed by atoms with Gasteiger partial charge in [0.25, 0.3) is 5.91 Å². The number of fused-ring (bicyclic) bond motifs is 1. The van der Waals surface area contributed by atoms with Crippen LogP contribution < -0.4 is 5.32 Å². The lowest BCUT2D eigenvalue weighted by atomic mass is 9.89. The minimum absolute atomic E-state index is 0.108. The van der Waals surface area contributed by atoms with Crippen LogP contribution in [0.25, 0.3) is 11.1 Å². The summed E-state index contributed by atoms with van der Waals surface area (Å²) >= 11 is 0. The van der Waals surface area contributed by atoms with E-state index < -0.39 is 27.8 Å². The number of aliphatic carboxylic acids is 1. The number of carboxylic acids is 1. The average Bonchev–Trinajstić information content (AvgIpc) is 2.93. The van der Waals surface area contributed by atoms with Crippen molar-refractivity contribution in [1.82, 2.24) is 5.32 Å². The fraction of sp³-hybridized carbons (Fsp3) is 0.375. The van der Waals surface area contributed by atoms with Crippen molar-refractivity contribution in [1.29, 1.82) is 0 Å². The van der Waals surface area contributed by atoms with Gasteiger partial charge in [-0.1, -0.05) is 48.5 Å². The summed E-state index contributed by atoms with van der Waals surface area (Å²) in [6.07, 6.45) is 5.42. The Balaban J connectivity index is 1.56. The summed E-state index contributed by atoms with van der Waals surface area (Å²) in [4.78, 5) is 25.1. The predicted molar refractivity (Wildman–Crippen MR) is 156 cm³/mol. The third-order valence-electron chi connectivity index (χ3n) is 7.49. The molecule has 2 unspecified atom stereocenters. The van der Waals surface area contributed by atoms with E-state index in [0.29, 0.717) is 17.7 Å². The van der Waals surface area contributed by atoms with Gasteiger partial charge in [-0.15, -0.1) is 0 Å². The van der Waals surface area contributed by atoms with Gasteiger partial charge in [0.15, 0.2) is 0 Å². The zero-order valence-electron chi connectivity index (χ0n) is 23.3. The second kappa shape index (κ2) is 12.8. The van der Waals surface area contributed by atoms with Crippen molar-refractivity contribution in [2.75, 3.05) is 12.0 Å². The molecule has 1 amide bonds. The van der Waals surface area contributed by atoms with Crippen LogP contribution in [-0.4, -0.2) is 43.5 Å². The van der Waals surface area contributed by atoms with Crippen LogP contribution >= 0.6 is 0 Å². The van der Waals surface area contributed by atoms with E-state index in [1.807, 2.05) is 50.2 Å². The van der Waals surface area contributed by atoms with Gasteiger partial charge < -0.3 is 15.2 Å². The largest absolute Gasteiger partial charge is 0.480 e. The first-order valence-electron chi connectivity index (χ1n) is 13.7. The molecule has 0 spiro atoms. The Labute approximate surface area is 236 Å². The van der Waals surface area contributed by atoms with Gasteiger partial charge >= 0.3 is 5.97 Å². The average molecular weight is 564 g/mol. The topological polar surface area (TPSA) is 110 Å². The number of carbonyl (C=O) groups excluding carboxylic acids is 1. The number of benzene rings is 3. The van der Waals surface area contributed by atoms with E-state index in [0.717, 1.165) is 41.4 Å². The molecule has 4 rings (SSSR count). The monoisotopic (exact) mass is 563 g/mol. The van der Waals surface area contributed by atoms with Crippen LogP contribution in [0.15, 0.2) is 60.7 Å². The Morgan fingerprint density at radius 3 is 2.40 bits per heavy atom. The van der Waals surface area contributed by atoms with Gasteiger partial charge in [0.1, 0.15) is 15.9 Å². The summed E-state index contributed by atoms with van der Waals surface area (Å²) < 4.78 is 29.4. The smallest absolute Gasteiger partial charge is 0.326 e. The molecule has 0 radical (unpaired) electrons. The maximum atomic E-state index is 13.3. The first-order valence-corrected chi connectivity index (χ1v) is 15.7. The van der Waals surface area contributed by atoms with E-state index in [-0.39, 0.29) is 18.3 Å². The highest BCUT2D eigenvalue weighted by atomic mass is 32.2. The molecule has 1 aliphatic rings. The van der Waals surface area contributed by atoms with Crippen LogP contribution in [0.5, 0.6) is 0 Å². The summed E-state index contributed by atoms with van der Waals surface area (Å²) in [6, 6.07) is 18.3. The van der Waals surface area contributed by atoms with E-state index >= 15 is 0 Å². The number of hydrogen-bond acceptors (Lipinski definition) is 5. The molecule has 0 aromatic heterocycles. The number of rotatable bonds is 11. The molecular weight excluding hydrogens is 526 g/mol. The molecule has 0 saturated heterocycles. The van der Waals surface area contributed by atoms with Crippen molar-refractivity contribution >= 4 is 21.7 Å². The Kier molecular flexibility index (Phi) is 9.43. The summed E-state index contributed by atoms with van der Waals surface area (Å²) in [6.45, 7) is 4.33. The molecule has 0 bridgehead atoms. The number of carbonyl (C=O) groups is 2. The highest BCUT2D eigenvalue weighted by Crippen LogP contribution is 2.30. The molecule has 40 heavy (non-hydrogen) atoms. The second-order valence-corrected chi connectivity index (χ2v) is 12.9. The third-order valence-corrected chi connectivity index (χ3v) is 8.46. The molecule has 0 aliphatic heterocycles. The Hall–Kier alpha value is -3.49. The van der Waals surface area contributed by atoms with Crippen molar-refractivity contribution in [3.8, 4) is 11.1 Å². The van der Waals surface area contributed by atoms with Gasteiger partial charge in [-0.2, -0.15) is 0 Å². The second-order valence-electron chi connectivity index (χ2n) is 10.7. The summed E-state index contributed by atoms with van der Waals surface area (Å²) in [5, 5.41) is 12.1. The van der Waals surface area contributed by atoms with Gasteiger partial charge in [0, 0.05) is 11.8 Å². The number of sulfone groups is 1. The fourth-order valence-corrected chi connectivity index (χ4v) is 5.79. The van der Waals surface area contributed by atoms with Crippen LogP contribution in [0.1, 0.15) is 70.5 Å². The molecule has 0 fully saturated rings. The standard InChI is InChI=1S/C32H37NO6S/c1-21-8-4-7-11-27(21)29-18-23(20-39-22(2)25-14-13-24-9-5-6-10-26(24)19-25)12-15-28(29)31(34)33-30(32(35)36)16-17-40(3,37)38/h4,7-8,11-15,18-19,22,30H,5-6,9-10,16-17,20H2,1-3H3,(H,33,34)(H,35,36). The molecule has 212 valence electrons. The van der Waals surface area contributed by atoms with Gasteiger partial charge in [0.05, 0.1) is 18.5 Å². The molecule has 7 nitrogen and oxygen atoms in total. The van der Waals surface area contributed by atoms with Gasteiger partial charge in [-0.3, -0.25) is 4.79 Å². The van der Waals surface area contributed by atoms with E-state index in [1.165, 1.54) is 24.0 Å². The zero-order chi connectivity index (χ0) is 28.9. The number of amides is 1. The molecule has 0 saturated carbocycles. The maximum absolute atomic E-state index is 13.3. The first kappa shape index (κ1) is 29.5. The maximum Gasteiger partial charge on any atom is 0.326 e. The third kappa shape index (κ3) is 7.58. The summed E-state index contributed by atoms with van der Waals surface area (Å²) in [5.74, 6) is -2.20. The lowest BCUT2D eigenvalue weighted by molar-refractivity contribution is -0.139. The van der Waals surface area contributed by atoms with Crippen LogP contribution in [0.2, 0.25) is 0 Å².